The van der Waals surface area contributed by atoms with Crippen molar-refractivity contribution in [2.45, 2.75) is 75.9 Å². The summed E-state index contributed by atoms with van der Waals surface area (Å²) in [5, 5.41) is 2.86. The van der Waals surface area contributed by atoms with Crippen LogP contribution in [0.25, 0.3) is 0 Å². The Labute approximate surface area is 195 Å². The molecule has 4 rings (SSSR count). The van der Waals surface area contributed by atoms with Crippen LogP contribution in [-0.2, 0) is 25.0 Å². The maximum atomic E-state index is 13.6. The summed E-state index contributed by atoms with van der Waals surface area (Å²) in [5.41, 5.74) is -0.481. The number of amides is 4. The van der Waals surface area contributed by atoms with Gasteiger partial charge in [0.15, 0.2) is 9.84 Å². The zero-order chi connectivity index (χ0) is 23.6. The second-order valence-corrected chi connectivity index (χ2v) is 11.7. The van der Waals surface area contributed by atoms with Gasteiger partial charge in [0.2, 0.25) is 5.91 Å². The Hall–Kier alpha value is -2.42. The standard InChI is InChI=1S/C24H33N3O5S/c1-2-14-24(18-9-5-3-6-10-18)22(29)26(23(30)25-24)16-21(28)27(19-11-7-4-8-12-19)20-13-15-33(31,32)17-20/h3,5-6,9-10,19-20H,2,4,7-8,11-17H2,1H3,(H,25,30). The zero-order valence-corrected chi connectivity index (χ0v) is 20.0. The first kappa shape index (κ1) is 23.7. The minimum atomic E-state index is -3.18. The summed E-state index contributed by atoms with van der Waals surface area (Å²) in [6.45, 7) is 1.58. The third kappa shape index (κ3) is 4.65. The second-order valence-electron chi connectivity index (χ2n) is 9.49. The van der Waals surface area contributed by atoms with Gasteiger partial charge in [0.25, 0.3) is 5.91 Å². The first-order valence-electron chi connectivity index (χ1n) is 12.0. The van der Waals surface area contributed by atoms with Crippen LogP contribution in [-0.4, -0.2) is 66.2 Å². The fourth-order valence-corrected chi connectivity index (χ4v) is 7.36. The quantitative estimate of drug-likeness (QED) is 0.611. The Morgan fingerprint density at radius 1 is 1.09 bits per heavy atom. The van der Waals surface area contributed by atoms with Gasteiger partial charge in [-0.3, -0.25) is 14.5 Å². The molecule has 180 valence electrons. The molecule has 3 fully saturated rings. The van der Waals surface area contributed by atoms with Crippen molar-refractivity contribution in [2.75, 3.05) is 18.1 Å². The highest BCUT2D eigenvalue weighted by atomic mass is 32.2. The molecule has 33 heavy (non-hydrogen) atoms. The fourth-order valence-electron chi connectivity index (χ4n) is 5.65. The number of carbonyl (C=O) groups excluding carboxylic acids is 3. The van der Waals surface area contributed by atoms with Crippen molar-refractivity contribution in [1.29, 1.82) is 0 Å². The Kier molecular flexibility index (Phi) is 6.79. The van der Waals surface area contributed by atoms with Crippen LogP contribution in [0.1, 0.15) is 63.9 Å². The van der Waals surface area contributed by atoms with Crippen molar-refractivity contribution in [3.05, 3.63) is 35.9 Å². The lowest BCUT2D eigenvalue weighted by molar-refractivity contribution is -0.142. The minimum Gasteiger partial charge on any atom is -0.334 e. The van der Waals surface area contributed by atoms with E-state index in [0.717, 1.165) is 37.0 Å². The van der Waals surface area contributed by atoms with Gasteiger partial charge in [-0.1, -0.05) is 62.9 Å². The van der Waals surface area contributed by atoms with Crippen LogP contribution >= 0.6 is 0 Å². The molecule has 2 saturated heterocycles. The Morgan fingerprint density at radius 3 is 2.39 bits per heavy atom. The molecule has 1 aromatic carbocycles. The molecule has 0 radical (unpaired) electrons. The van der Waals surface area contributed by atoms with E-state index in [4.69, 9.17) is 0 Å². The van der Waals surface area contributed by atoms with E-state index >= 15 is 0 Å². The smallest absolute Gasteiger partial charge is 0.325 e. The van der Waals surface area contributed by atoms with Gasteiger partial charge in [0.05, 0.1) is 11.5 Å². The maximum absolute atomic E-state index is 13.6. The molecule has 8 nitrogen and oxygen atoms in total. The molecule has 1 aliphatic carbocycles. The first-order valence-corrected chi connectivity index (χ1v) is 13.8. The monoisotopic (exact) mass is 475 g/mol. The van der Waals surface area contributed by atoms with Gasteiger partial charge in [-0.05, 0) is 31.2 Å². The lowest BCUT2D eigenvalue weighted by Gasteiger charge is -2.39. The number of rotatable bonds is 7. The summed E-state index contributed by atoms with van der Waals surface area (Å²) >= 11 is 0. The van der Waals surface area contributed by atoms with E-state index in [2.05, 4.69) is 5.32 Å². The molecule has 0 bridgehead atoms. The summed E-state index contributed by atoms with van der Waals surface area (Å²) in [7, 11) is -3.18. The van der Waals surface area contributed by atoms with E-state index < -0.39 is 27.3 Å². The number of hydrogen-bond donors (Lipinski definition) is 1. The summed E-state index contributed by atoms with van der Waals surface area (Å²) in [6, 6.07) is 8.13. The molecule has 9 heteroatoms. The van der Waals surface area contributed by atoms with Crippen molar-refractivity contribution >= 4 is 27.7 Å². The molecule has 0 spiro atoms. The summed E-state index contributed by atoms with van der Waals surface area (Å²) in [4.78, 5) is 42.8. The Bertz CT molecular complexity index is 1010. The summed E-state index contributed by atoms with van der Waals surface area (Å²) in [5.74, 6) is -0.728. The van der Waals surface area contributed by atoms with E-state index in [9.17, 15) is 22.8 Å². The number of hydrogen-bond acceptors (Lipinski definition) is 5. The third-order valence-electron chi connectivity index (χ3n) is 7.22. The molecule has 4 amide bonds. The van der Waals surface area contributed by atoms with Crippen molar-refractivity contribution in [3.8, 4) is 0 Å². The molecule has 1 N–H and O–H groups in total. The largest absolute Gasteiger partial charge is 0.334 e. The SMILES string of the molecule is CCCC1(c2ccccc2)NC(=O)N(CC(=O)N(C2CCCCC2)C2CCS(=O)(=O)C2)C1=O. The van der Waals surface area contributed by atoms with Crippen LogP contribution in [0.15, 0.2) is 30.3 Å². The van der Waals surface area contributed by atoms with E-state index in [1.54, 1.807) is 4.90 Å². The van der Waals surface area contributed by atoms with Crippen LogP contribution in [0, 0.1) is 0 Å². The van der Waals surface area contributed by atoms with Crippen LogP contribution in [0.3, 0.4) is 0 Å². The number of nitrogens with one attached hydrogen (secondary N) is 1. The van der Waals surface area contributed by atoms with Gasteiger partial charge in [-0.2, -0.15) is 0 Å². The van der Waals surface area contributed by atoms with Crippen molar-refractivity contribution in [3.63, 3.8) is 0 Å². The van der Waals surface area contributed by atoms with E-state index in [1.807, 2.05) is 37.3 Å². The zero-order valence-electron chi connectivity index (χ0n) is 19.2. The molecule has 0 aromatic heterocycles. The lowest BCUT2D eigenvalue weighted by atomic mass is 9.85. The number of carbonyl (C=O) groups is 3. The summed E-state index contributed by atoms with van der Waals surface area (Å²) in [6.07, 6.45) is 6.25. The molecule has 2 aliphatic heterocycles. The van der Waals surface area contributed by atoms with Crippen LogP contribution in [0.5, 0.6) is 0 Å². The van der Waals surface area contributed by atoms with Crippen molar-refractivity contribution in [2.24, 2.45) is 0 Å². The first-order chi connectivity index (χ1) is 15.8. The average Bonchev–Trinajstić information content (AvgIpc) is 3.27. The van der Waals surface area contributed by atoms with Gasteiger partial charge < -0.3 is 10.2 Å². The molecular weight excluding hydrogens is 442 g/mol. The molecule has 1 aromatic rings. The highest BCUT2D eigenvalue weighted by Gasteiger charge is 2.52. The highest BCUT2D eigenvalue weighted by Crippen LogP contribution is 2.34. The predicted molar refractivity (Wildman–Crippen MR) is 124 cm³/mol. The molecular formula is C24H33N3O5S. The molecule has 2 atom stereocenters. The van der Waals surface area contributed by atoms with E-state index in [0.29, 0.717) is 24.8 Å². The van der Waals surface area contributed by atoms with Gasteiger partial charge >= 0.3 is 6.03 Å². The Morgan fingerprint density at radius 2 is 1.79 bits per heavy atom. The van der Waals surface area contributed by atoms with Gasteiger partial charge in [-0.25, -0.2) is 13.2 Å². The number of urea groups is 1. The minimum absolute atomic E-state index is 0.0418. The van der Waals surface area contributed by atoms with Gasteiger partial charge in [-0.15, -0.1) is 0 Å². The third-order valence-corrected chi connectivity index (χ3v) is 8.97. The average molecular weight is 476 g/mol. The molecule has 1 saturated carbocycles. The molecule has 3 aliphatic rings. The number of imide groups is 1. The fraction of sp³-hybridized carbons (Fsp3) is 0.625. The number of nitrogens with zero attached hydrogens (tertiary/aromatic N) is 2. The second kappa shape index (κ2) is 9.44. The maximum Gasteiger partial charge on any atom is 0.325 e. The van der Waals surface area contributed by atoms with Crippen molar-refractivity contribution in [1.82, 2.24) is 15.1 Å². The predicted octanol–water partition coefficient (Wildman–Crippen LogP) is 2.58. The van der Waals surface area contributed by atoms with E-state index in [1.165, 1.54) is 0 Å². The van der Waals surface area contributed by atoms with Crippen LogP contribution in [0.2, 0.25) is 0 Å². The number of benzene rings is 1. The lowest BCUT2D eigenvalue weighted by Crippen LogP contribution is -2.53. The highest BCUT2D eigenvalue weighted by molar-refractivity contribution is 7.91. The topological polar surface area (TPSA) is 104 Å². The number of sulfone groups is 1. The molecule has 2 heterocycles. The van der Waals surface area contributed by atoms with Crippen molar-refractivity contribution < 1.29 is 22.8 Å². The Balaban J connectivity index is 1.58. The van der Waals surface area contributed by atoms with Crippen LogP contribution < -0.4 is 5.32 Å². The van der Waals surface area contributed by atoms with E-state index in [-0.39, 0.29) is 36.0 Å². The normalized spacial score (nSPS) is 27.5. The van der Waals surface area contributed by atoms with Crippen LogP contribution in [0.4, 0.5) is 4.79 Å². The molecule has 2 unspecified atom stereocenters. The summed E-state index contributed by atoms with van der Waals surface area (Å²) < 4.78 is 24.3. The van der Waals surface area contributed by atoms with Gasteiger partial charge in [0.1, 0.15) is 12.1 Å². The van der Waals surface area contributed by atoms with Gasteiger partial charge in [0, 0.05) is 12.1 Å².